The van der Waals surface area contributed by atoms with Crippen LogP contribution in [0.15, 0.2) is 24.8 Å². The van der Waals surface area contributed by atoms with E-state index in [0.29, 0.717) is 6.61 Å². The van der Waals surface area contributed by atoms with Crippen LogP contribution < -0.4 is 0 Å². The molecule has 0 N–H and O–H groups in total. The molecule has 0 spiro atoms. The smallest absolute Gasteiger partial charge is 0.254 e. The van der Waals surface area contributed by atoms with E-state index in [0.717, 1.165) is 37.2 Å². The van der Waals surface area contributed by atoms with Crippen molar-refractivity contribution in [2.24, 2.45) is 0 Å². The van der Waals surface area contributed by atoms with Crippen molar-refractivity contribution >= 4 is 14.2 Å². The van der Waals surface area contributed by atoms with Crippen LogP contribution in [0.2, 0.25) is 18.1 Å². The molecule has 5 heteroatoms. The number of nitrogens with zero attached hydrogens (tertiary/aromatic N) is 2. The van der Waals surface area contributed by atoms with Crippen molar-refractivity contribution < 1.29 is 9.22 Å². The summed E-state index contributed by atoms with van der Waals surface area (Å²) in [6.07, 6.45) is 5.31. The minimum atomic E-state index is -1.83. The lowest BCUT2D eigenvalue weighted by atomic mass is 9.97. The highest BCUT2D eigenvalue weighted by atomic mass is 28.4. The first-order valence-electron chi connectivity index (χ1n) is 11.0. The highest BCUT2D eigenvalue weighted by Gasteiger charge is 2.37. The zero-order chi connectivity index (χ0) is 21.2. The molecule has 0 unspecified atom stereocenters. The lowest BCUT2D eigenvalue weighted by Crippen LogP contribution is -2.40. The van der Waals surface area contributed by atoms with Gasteiger partial charge in [0, 0.05) is 25.2 Å². The fourth-order valence-corrected chi connectivity index (χ4v) is 4.92. The summed E-state index contributed by atoms with van der Waals surface area (Å²) < 4.78 is 6.43. The zero-order valence-electron chi connectivity index (χ0n) is 19.0. The van der Waals surface area contributed by atoms with Crippen molar-refractivity contribution in [2.75, 3.05) is 26.2 Å². The van der Waals surface area contributed by atoms with Crippen molar-refractivity contribution in [3.05, 3.63) is 47.0 Å². The maximum atomic E-state index is 13.1. The normalized spacial score (nSPS) is 17.8. The molecule has 160 valence electrons. The molecule has 0 aromatic heterocycles. The second-order valence-corrected chi connectivity index (χ2v) is 14.9. The first-order valence-corrected chi connectivity index (χ1v) is 13.9. The van der Waals surface area contributed by atoms with E-state index in [2.05, 4.69) is 57.5 Å². The van der Waals surface area contributed by atoms with Gasteiger partial charge in [0.05, 0.1) is 6.61 Å². The zero-order valence-corrected chi connectivity index (χ0v) is 20.0. The molecule has 1 fully saturated rings. The van der Waals surface area contributed by atoms with Gasteiger partial charge in [-0.05, 0) is 73.2 Å². The van der Waals surface area contributed by atoms with Crippen molar-refractivity contribution in [1.82, 2.24) is 9.80 Å². The summed E-state index contributed by atoms with van der Waals surface area (Å²) in [6.45, 7) is 20.7. The summed E-state index contributed by atoms with van der Waals surface area (Å²) in [7, 11) is -1.83. The van der Waals surface area contributed by atoms with Crippen LogP contribution in [0.1, 0.15) is 60.7 Å². The number of likely N-dealkylation sites (tertiary alicyclic amines) is 1. The Morgan fingerprint density at radius 2 is 1.86 bits per heavy atom. The number of rotatable bonds is 8. The highest BCUT2D eigenvalue weighted by Crippen LogP contribution is 2.37. The van der Waals surface area contributed by atoms with Crippen molar-refractivity contribution in [2.45, 2.75) is 71.3 Å². The van der Waals surface area contributed by atoms with E-state index in [-0.39, 0.29) is 10.9 Å². The molecular formula is C24H38N2O2Si. The van der Waals surface area contributed by atoms with Gasteiger partial charge in [0.2, 0.25) is 0 Å². The van der Waals surface area contributed by atoms with Gasteiger partial charge in [-0.25, -0.2) is 0 Å². The van der Waals surface area contributed by atoms with Crippen LogP contribution in [-0.2, 0) is 24.0 Å². The monoisotopic (exact) mass is 414 g/mol. The minimum Gasteiger partial charge on any atom is -0.413 e. The number of carbonyl (C=O) groups is 1. The van der Waals surface area contributed by atoms with E-state index in [4.69, 9.17) is 4.43 Å². The molecule has 4 nitrogen and oxygen atoms in total. The van der Waals surface area contributed by atoms with Gasteiger partial charge >= 0.3 is 0 Å². The first-order chi connectivity index (χ1) is 13.6. The molecular weight excluding hydrogens is 376 g/mol. The quantitative estimate of drug-likeness (QED) is 0.444. The van der Waals surface area contributed by atoms with Crippen LogP contribution in [-0.4, -0.2) is 50.2 Å². The Morgan fingerprint density at radius 3 is 2.48 bits per heavy atom. The van der Waals surface area contributed by atoms with Crippen LogP contribution in [0, 0.1) is 0 Å². The third-order valence-electron chi connectivity index (χ3n) is 6.92. The molecule has 2 aliphatic heterocycles. The third kappa shape index (κ3) is 5.01. The largest absolute Gasteiger partial charge is 0.413 e. The maximum absolute atomic E-state index is 13.1. The Kier molecular flexibility index (Phi) is 6.71. The van der Waals surface area contributed by atoms with E-state index < -0.39 is 8.32 Å². The standard InChI is InChI=1S/C24H38N2O2Si/c1-7-10-20-15-19(18-28-29(5,6)24(2,3)4)16-21-22(20)17-26(23(21)27)14-13-25-11-8-9-12-25/h7,15-16H,1,8-14,17-18H2,2-6H3. The molecule has 3 rings (SSSR count). The summed E-state index contributed by atoms with van der Waals surface area (Å²) in [6, 6.07) is 4.30. The topological polar surface area (TPSA) is 32.8 Å². The number of allylic oxidation sites excluding steroid dienone is 1. The van der Waals surface area contributed by atoms with Crippen LogP contribution in [0.25, 0.3) is 0 Å². The van der Waals surface area contributed by atoms with E-state index in [9.17, 15) is 4.79 Å². The summed E-state index contributed by atoms with van der Waals surface area (Å²) in [5.74, 6) is 0.179. The Morgan fingerprint density at radius 1 is 1.17 bits per heavy atom. The van der Waals surface area contributed by atoms with Gasteiger partial charge in [-0.3, -0.25) is 4.79 Å². The molecule has 0 bridgehead atoms. The fraction of sp³-hybridized carbons (Fsp3) is 0.625. The number of fused-ring (bicyclic) bond motifs is 1. The molecule has 0 saturated carbocycles. The van der Waals surface area contributed by atoms with E-state index >= 15 is 0 Å². The molecule has 1 saturated heterocycles. The molecule has 2 aliphatic rings. The number of hydrogen-bond donors (Lipinski definition) is 0. The van der Waals surface area contributed by atoms with Gasteiger partial charge < -0.3 is 14.2 Å². The van der Waals surface area contributed by atoms with Gasteiger partial charge in [0.15, 0.2) is 8.32 Å². The van der Waals surface area contributed by atoms with Gasteiger partial charge in [-0.1, -0.05) is 32.9 Å². The van der Waals surface area contributed by atoms with Crippen LogP contribution in [0.4, 0.5) is 0 Å². The summed E-state index contributed by atoms with van der Waals surface area (Å²) in [5, 5.41) is 0.176. The average molecular weight is 415 g/mol. The highest BCUT2D eigenvalue weighted by molar-refractivity contribution is 6.74. The molecule has 2 heterocycles. The van der Waals surface area contributed by atoms with Crippen molar-refractivity contribution in [3.8, 4) is 0 Å². The SMILES string of the molecule is C=CCc1cc(CO[Si](C)(C)C(C)(C)C)cc2c1CN(CCN1CCCC1)C2=O. The lowest BCUT2D eigenvalue weighted by Gasteiger charge is -2.36. The number of hydrogen-bond acceptors (Lipinski definition) is 3. The van der Waals surface area contributed by atoms with Crippen LogP contribution in [0.5, 0.6) is 0 Å². The maximum Gasteiger partial charge on any atom is 0.254 e. The Balaban J connectivity index is 1.75. The predicted octanol–water partition coefficient (Wildman–Crippen LogP) is 4.99. The second kappa shape index (κ2) is 8.74. The van der Waals surface area contributed by atoms with E-state index in [1.54, 1.807) is 0 Å². The fourth-order valence-electron chi connectivity index (χ4n) is 3.96. The molecule has 0 atom stereocenters. The van der Waals surface area contributed by atoms with Crippen molar-refractivity contribution in [3.63, 3.8) is 0 Å². The molecule has 1 aromatic rings. The van der Waals surface area contributed by atoms with Gasteiger partial charge in [-0.15, -0.1) is 6.58 Å². The number of amides is 1. The third-order valence-corrected chi connectivity index (χ3v) is 11.4. The Labute approximate surface area is 178 Å². The number of benzene rings is 1. The summed E-state index contributed by atoms with van der Waals surface area (Å²) >= 11 is 0. The van der Waals surface area contributed by atoms with Crippen LogP contribution in [0.3, 0.4) is 0 Å². The molecule has 29 heavy (non-hydrogen) atoms. The van der Waals surface area contributed by atoms with Gasteiger partial charge in [0.25, 0.3) is 5.91 Å². The second-order valence-electron chi connectivity index (χ2n) is 10.1. The molecule has 0 aliphatic carbocycles. The predicted molar refractivity (Wildman–Crippen MR) is 123 cm³/mol. The molecule has 0 radical (unpaired) electrons. The van der Waals surface area contributed by atoms with Gasteiger partial charge in [0.1, 0.15) is 0 Å². The van der Waals surface area contributed by atoms with E-state index in [1.165, 1.54) is 37.1 Å². The first kappa shape index (κ1) is 22.3. The molecule has 1 aromatic carbocycles. The Bertz CT molecular complexity index is 761. The Hall–Kier alpha value is -1.43. The number of carbonyl (C=O) groups excluding carboxylic acids is 1. The summed E-state index contributed by atoms with van der Waals surface area (Å²) in [4.78, 5) is 17.6. The van der Waals surface area contributed by atoms with Gasteiger partial charge in [-0.2, -0.15) is 0 Å². The average Bonchev–Trinajstić information content (AvgIpc) is 3.26. The summed E-state index contributed by atoms with van der Waals surface area (Å²) in [5.41, 5.74) is 4.40. The van der Waals surface area contributed by atoms with Crippen molar-refractivity contribution in [1.29, 1.82) is 0 Å². The van der Waals surface area contributed by atoms with E-state index in [1.807, 2.05) is 11.0 Å². The molecule has 1 amide bonds. The lowest BCUT2D eigenvalue weighted by molar-refractivity contribution is 0.0763. The van der Waals surface area contributed by atoms with Crippen LogP contribution >= 0.6 is 0 Å². The minimum absolute atomic E-state index is 0.176.